The Hall–Kier alpha value is -3.03. The number of thiazole rings is 1. The van der Waals surface area contributed by atoms with Crippen molar-refractivity contribution >= 4 is 27.5 Å². The number of rotatable bonds is 5. The van der Waals surface area contributed by atoms with Crippen molar-refractivity contribution in [2.24, 2.45) is 0 Å². The normalized spacial score (nSPS) is 18.0. The molecule has 6 rings (SSSR count). The van der Waals surface area contributed by atoms with Crippen molar-refractivity contribution in [3.8, 4) is 17.0 Å². The first-order valence-corrected chi connectivity index (χ1v) is 11.5. The summed E-state index contributed by atoms with van der Waals surface area (Å²) in [6, 6.07) is 15.4. The van der Waals surface area contributed by atoms with Crippen LogP contribution in [0.25, 0.3) is 21.5 Å². The van der Waals surface area contributed by atoms with Crippen LogP contribution in [0.5, 0.6) is 5.75 Å². The number of nitrogens with zero attached hydrogens (tertiary/aromatic N) is 3. The second kappa shape index (κ2) is 7.59. The van der Waals surface area contributed by atoms with Crippen molar-refractivity contribution in [3.05, 3.63) is 64.8 Å². The monoisotopic (exact) mass is 429 g/mol. The maximum absolute atomic E-state index is 6.10. The van der Waals surface area contributed by atoms with Crippen molar-refractivity contribution in [2.75, 3.05) is 12.3 Å². The maximum Gasteiger partial charge on any atom is 0.220 e. The molecular weight excluding hydrogens is 406 g/mol. The Balaban J connectivity index is 1.25. The molecule has 3 N–H and O–H groups in total. The topological polar surface area (TPSA) is 86.0 Å². The first-order chi connectivity index (χ1) is 15.2. The van der Waals surface area contributed by atoms with Crippen molar-refractivity contribution in [1.82, 2.24) is 20.3 Å². The summed E-state index contributed by atoms with van der Waals surface area (Å²) in [6.45, 7) is 1.60. The zero-order valence-corrected chi connectivity index (χ0v) is 17.9. The molecule has 0 amide bonds. The Kier molecular flexibility index (Phi) is 4.58. The highest BCUT2D eigenvalue weighted by Crippen LogP contribution is 2.37. The number of anilines is 1. The molecule has 2 aromatic carbocycles. The van der Waals surface area contributed by atoms with E-state index in [-0.39, 0.29) is 11.9 Å². The molecule has 1 atom stereocenters. The highest BCUT2D eigenvalue weighted by atomic mass is 32.1. The van der Waals surface area contributed by atoms with E-state index in [1.54, 1.807) is 17.5 Å². The minimum absolute atomic E-state index is 0.273. The minimum atomic E-state index is 0.273. The van der Waals surface area contributed by atoms with Crippen LogP contribution in [0.4, 0.5) is 5.95 Å². The standard InChI is InChI=1S/C24H23N5OS/c25-24-26-8-7-19(29-24)15-2-5-20-22(11-15)31-23(28-20)17-10-16-9-14(12-27-18-3-4-18)1-6-21(16)30-13-17/h1-2,5-9,11,17-18,27H,3-4,10,12-13H2,(H2,25,26,29). The van der Waals surface area contributed by atoms with Gasteiger partial charge in [-0.2, -0.15) is 0 Å². The lowest BCUT2D eigenvalue weighted by Gasteiger charge is -2.24. The minimum Gasteiger partial charge on any atom is -0.493 e. The van der Waals surface area contributed by atoms with Gasteiger partial charge in [-0.1, -0.05) is 18.2 Å². The highest BCUT2D eigenvalue weighted by Gasteiger charge is 2.25. The predicted octanol–water partition coefficient (Wildman–Crippen LogP) is 4.31. The van der Waals surface area contributed by atoms with E-state index >= 15 is 0 Å². The summed E-state index contributed by atoms with van der Waals surface area (Å²) in [6.07, 6.45) is 5.26. The zero-order valence-electron chi connectivity index (χ0n) is 17.0. The van der Waals surface area contributed by atoms with Crippen LogP contribution < -0.4 is 15.8 Å². The maximum atomic E-state index is 6.10. The average Bonchev–Trinajstić information content (AvgIpc) is 3.53. The summed E-state index contributed by atoms with van der Waals surface area (Å²) in [5.74, 6) is 1.57. The van der Waals surface area contributed by atoms with E-state index in [1.165, 1.54) is 24.0 Å². The summed E-state index contributed by atoms with van der Waals surface area (Å²) in [5.41, 5.74) is 11.2. The largest absolute Gasteiger partial charge is 0.493 e. The molecule has 156 valence electrons. The molecule has 0 bridgehead atoms. The van der Waals surface area contributed by atoms with Crippen LogP contribution in [0.2, 0.25) is 0 Å². The second-order valence-electron chi connectivity index (χ2n) is 8.34. The lowest BCUT2D eigenvalue weighted by molar-refractivity contribution is 0.262. The molecule has 2 aliphatic rings. The number of fused-ring (bicyclic) bond motifs is 2. The Morgan fingerprint density at radius 3 is 2.90 bits per heavy atom. The number of aromatic nitrogens is 3. The van der Waals surface area contributed by atoms with E-state index < -0.39 is 0 Å². The quantitative estimate of drug-likeness (QED) is 0.492. The van der Waals surface area contributed by atoms with Crippen LogP contribution in [-0.2, 0) is 13.0 Å². The molecule has 1 saturated carbocycles. The first kappa shape index (κ1) is 18.7. The third-order valence-corrected chi connectivity index (χ3v) is 7.11. The molecule has 1 unspecified atom stereocenters. The summed E-state index contributed by atoms with van der Waals surface area (Å²) in [4.78, 5) is 13.2. The van der Waals surface area contributed by atoms with Crippen molar-refractivity contribution < 1.29 is 4.74 Å². The van der Waals surface area contributed by atoms with Gasteiger partial charge < -0.3 is 15.8 Å². The van der Waals surface area contributed by atoms with Gasteiger partial charge in [0.1, 0.15) is 10.8 Å². The summed E-state index contributed by atoms with van der Waals surface area (Å²) in [7, 11) is 0. The molecule has 6 nitrogen and oxygen atoms in total. The van der Waals surface area contributed by atoms with Gasteiger partial charge >= 0.3 is 0 Å². The van der Waals surface area contributed by atoms with Gasteiger partial charge in [0.2, 0.25) is 5.95 Å². The molecule has 7 heteroatoms. The zero-order chi connectivity index (χ0) is 20.8. The second-order valence-corrected chi connectivity index (χ2v) is 9.41. The smallest absolute Gasteiger partial charge is 0.220 e. The van der Waals surface area contributed by atoms with E-state index in [9.17, 15) is 0 Å². The Morgan fingerprint density at radius 1 is 1.10 bits per heavy atom. The predicted molar refractivity (Wildman–Crippen MR) is 123 cm³/mol. The van der Waals surface area contributed by atoms with Gasteiger partial charge in [0.25, 0.3) is 0 Å². The summed E-state index contributed by atoms with van der Waals surface area (Å²) < 4.78 is 7.25. The van der Waals surface area contributed by atoms with Crippen LogP contribution in [0.1, 0.15) is 34.9 Å². The number of hydrogen-bond donors (Lipinski definition) is 2. The molecule has 0 spiro atoms. The van der Waals surface area contributed by atoms with Crippen molar-refractivity contribution in [1.29, 1.82) is 0 Å². The van der Waals surface area contributed by atoms with Gasteiger partial charge in [0.15, 0.2) is 0 Å². The number of nitrogens with one attached hydrogen (secondary N) is 1. The lowest BCUT2D eigenvalue weighted by atomic mass is 9.95. The third kappa shape index (κ3) is 3.86. The SMILES string of the molecule is Nc1nccc(-c2ccc3nc(C4COc5ccc(CNC6CC6)cc5C4)sc3c2)n1. The summed E-state index contributed by atoms with van der Waals surface area (Å²) >= 11 is 1.74. The average molecular weight is 430 g/mol. The highest BCUT2D eigenvalue weighted by molar-refractivity contribution is 7.18. The molecule has 31 heavy (non-hydrogen) atoms. The number of nitrogen functional groups attached to an aromatic ring is 1. The molecule has 1 fully saturated rings. The van der Waals surface area contributed by atoms with Crippen LogP contribution in [0.3, 0.4) is 0 Å². The van der Waals surface area contributed by atoms with Gasteiger partial charge in [-0.05, 0) is 54.7 Å². The fourth-order valence-electron chi connectivity index (χ4n) is 4.08. The van der Waals surface area contributed by atoms with Gasteiger partial charge in [-0.15, -0.1) is 11.3 Å². The van der Waals surface area contributed by atoms with Crippen molar-refractivity contribution in [2.45, 2.75) is 37.8 Å². The van der Waals surface area contributed by atoms with Crippen molar-refractivity contribution in [3.63, 3.8) is 0 Å². The van der Waals surface area contributed by atoms with E-state index in [0.717, 1.165) is 45.2 Å². The van der Waals surface area contributed by atoms with Crippen LogP contribution >= 0.6 is 11.3 Å². The van der Waals surface area contributed by atoms with Gasteiger partial charge in [-0.3, -0.25) is 0 Å². The molecular formula is C24H23N5OS. The van der Waals surface area contributed by atoms with Gasteiger partial charge in [0.05, 0.1) is 22.5 Å². The molecule has 3 heterocycles. The molecule has 1 aliphatic carbocycles. The number of nitrogens with two attached hydrogens (primary N) is 1. The van der Waals surface area contributed by atoms with Crippen LogP contribution in [0.15, 0.2) is 48.7 Å². The molecule has 0 saturated heterocycles. The molecule has 4 aromatic rings. The Labute approximate surface area is 184 Å². The molecule has 2 aromatic heterocycles. The molecule has 0 radical (unpaired) electrons. The lowest BCUT2D eigenvalue weighted by Crippen LogP contribution is -2.20. The van der Waals surface area contributed by atoms with E-state index in [2.05, 4.69) is 45.6 Å². The van der Waals surface area contributed by atoms with Gasteiger partial charge in [0, 0.05) is 30.3 Å². The van der Waals surface area contributed by atoms with E-state index in [4.69, 9.17) is 15.5 Å². The van der Waals surface area contributed by atoms with Crippen LogP contribution in [0, 0.1) is 0 Å². The molecule has 1 aliphatic heterocycles. The first-order valence-electron chi connectivity index (χ1n) is 10.7. The van der Waals surface area contributed by atoms with E-state index in [1.807, 2.05) is 12.1 Å². The number of benzene rings is 2. The fourth-order valence-corrected chi connectivity index (χ4v) is 5.17. The number of ether oxygens (including phenoxy) is 1. The summed E-state index contributed by atoms with van der Waals surface area (Å²) in [5, 5.41) is 4.72. The third-order valence-electron chi connectivity index (χ3n) is 5.93. The fraction of sp³-hybridized carbons (Fsp3) is 0.292. The van der Waals surface area contributed by atoms with Crippen LogP contribution in [-0.4, -0.2) is 27.6 Å². The van der Waals surface area contributed by atoms with Gasteiger partial charge in [-0.25, -0.2) is 15.0 Å². The number of hydrogen-bond acceptors (Lipinski definition) is 7. The van der Waals surface area contributed by atoms with E-state index in [0.29, 0.717) is 12.6 Å². The Morgan fingerprint density at radius 2 is 2.03 bits per heavy atom. The Bertz CT molecular complexity index is 1270.